The average Bonchev–Trinajstić information content (AvgIpc) is 2.48. The summed E-state index contributed by atoms with van der Waals surface area (Å²) < 4.78 is 5.16. The molecule has 3 heteroatoms. The predicted octanol–water partition coefficient (Wildman–Crippen LogP) is 3.11. The molecule has 2 aromatic rings. The number of esters is 1. The van der Waals surface area contributed by atoms with Crippen LogP contribution in [0.3, 0.4) is 0 Å². The van der Waals surface area contributed by atoms with Crippen LogP contribution in [0.1, 0.15) is 27.6 Å². The highest BCUT2D eigenvalue weighted by molar-refractivity contribution is 6.01. The fraction of sp³-hybridized carbons (Fsp3) is 0.125. The Kier molecular flexibility index (Phi) is 4.08. The van der Waals surface area contributed by atoms with Crippen molar-refractivity contribution in [3.63, 3.8) is 0 Å². The molecule has 0 amide bonds. The molecular weight excluding hydrogens is 240 g/mol. The van der Waals surface area contributed by atoms with Crippen molar-refractivity contribution in [1.29, 1.82) is 0 Å². The van der Waals surface area contributed by atoms with E-state index in [2.05, 4.69) is 0 Å². The third-order valence-electron chi connectivity index (χ3n) is 2.72. The highest BCUT2D eigenvalue weighted by Crippen LogP contribution is 2.09. The minimum atomic E-state index is -0.796. The first-order valence-electron chi connectivity index (χ1n) is 6.04. The molecule has 0 saturated carbocycles. The average molecular weight is 254 g/mol. The third-order valence-corrected chi connectivity index (χ3v) is 2.72. The summed E-state index contributed by atoms with van der Waals surface area (Å²) in [6.07, 6.45) is -0.796. The summed E-state index contributed by atoms with van der Waals surface area (Å²) in [5.41, 5.74) is 0.978. The fourth-order valence-electron chi connectivity index (χ4n) is 1.69. The van der Waals surface area contributed by atoms with E-state index in [9.17, 15) is 9.59 Å². The zero-order valence-electron chi connectivity index (χ0n) is 10.6. The molecule has 2 rings (SSSR count). The molecule has 19 heavy (non-hydrogen) atoms. The third kappa shape index (κ3) is 3.28. The van der Waals surface area contributed by atoms with Crippen LogP contribution in [0, 0.1) is 0 Å². The predicted molar refractivity (Wildman–Crippen MR) is 72.1 cm³/mol. The van der Waals surface area contributed by atoms with Crippen LogP contribution in [0.15, 0.2) is 60.7 Å². The number of ether oxygens (including phenoxy) is 1. The van der Waals surface area contributed by atoms with Gasteiger partial charge in [0.15, 0.2) is 6.10 Å². The Morgan fingerprint density at radius 1 is 0.842 bits per heavy atom. The molecule has 0 aromatic heterocycles. The Labute approximate surface area is 111 Å². The standard InChI is InChI=1S/C16H14O3/c1-12(15(17)13-8-4-2-5-9-13)19-16(18)14-10-6-3-7-11-14/h2-12H,1H3. The molecule has 0 aliphatic carbocycles. The second-order valence-corrected chi connectivity index (χ2v) is 4.14. The van der Waals surface area contributed by atoms with E-state index in [1.54, 1.807) is 55.5 Å². The fourth-order valence-corrected chi connectivity index (χ4v) is 1.69. The topological polar surface area (TPSA) is 43.4 Å². The smallest absolute Gasteiger partial charge is 0.338 e. The molecule has 0 fully saturated rings. The van der Waals surface area contributed by atoms with Gasteiger partial charge in [0.1, 0.15) is 0 Å². The lowest BCUT2D eigenvalue weighted by molar-refractivity contribution is 0.0319. The van der Waals surface area contributed by atoms with Gasteiger partial charge in [0.2, 0.25) is 5.78 Å². The van der Waals surface area contributed by atoms with Gasteiger partial charge in [-0.2, -0.15) is 0 Å². The van der Waals surface area contributed by atoms with Crippen LogP contribution in [0.4, 0.5) is 0 Å². The highest BCUT2D eigenvalue weighted by atomic mass is 16.5. The van der Waals surface area contributed by atoms with Crippen molar-refractivity contribution in [1.82, 2.24) is 0 Å². The van der Waals surface area contributed by atoms with Gasteiger partial charge in [-0.05, 0) is 19.1 Å². The summed E-state index contributed by atoms with van der Waals surface area (Å²) in [6.45, 7) is 1.58. The van der Waals surface area contributed by atoms with Gasteiger partial charge in [-0.1, -0.05) is 48.5 Å². The Hall–Kier alpha value is -2.42. The zero-order valence-corrected chi connectivity index (χ0v) is 10.6. The normalized spacial score (nSPS) is 11.6. The Balaban J connectivity index is 2.04. The van der Waals surface area contributed by atoms with Crippen LogP contribution in [0.25, 0.3) is 0 Å². The SMILES string of the molecule is CC(OC(=O)c1ccccc1)C(=O)c1ccccc1. The molecule has 1 unspecified atom stereocenters. The second-order valence-electron chi connectivity index (χ2n) is 4.14. The van der Waals surface area contributed by atoms with E-state index in [0.29, 0.717) is 11.1 Å². The van der Waals surface area contributed by atoms with Crippen LogP contribution in [0.5, 0.6) is 0 Å². The van der Waals surface area contributed by atoms with E-state index in [-0.39, 0.29) is 5.78 Å². The monoisotopic (exact) mass is 254 g/mol. The number of hydrogen-bond donors (Lipinski definition) is 0. The van der Waals surface area contributed by atoms with Crippen LogP contribution in [-0.4, -0.2) is 17.9 Å². The molecule has 0 aliphatic heterocycles. The number of hydrogen-bond acceptors (Lipinski definition) is 3. The maximum absolute atomic E-state index is 12.0. The maximum Gasteiger partial charge on any atom is 0.338 e. The summed E-state index contributed by atoms with van der Waals surface area (Å²) in [5, 5.41) is 0. The quantitative estimate of drug-likeness (QED) is 0.622. The van der Waals surface area contributed by atoms with Gasteiger partial charge >= 0.3 is 5.97 Å². The van der Waals surface area contributed by atoms with Crippen LogP contribution < -0.4 is 0 Å². The molecule has 1 atom stereocenters. The highest BCUT2D eigenvalue weighted by Gasteiger charge is 2.19. The number of benzene rings is 2. The van der Waals surface area contributed by atoms with E-state index in [0.717, 1.165) is 0 Å². The number of carbonyl (C=O) groups is 2. The summed E-state index contributed by atoms with van der Waals surface area (Å²) >= 11 is 0. The first-order valence-corrected chi connectivity index (χ1v) is 6.04. The second kappa shape index (κ2) is 5.96. The largest absolute Gasteiger partial charge is 0.451 e. The Morgan fingerprint density at radius 3 is 1.84 bits per heavy atom. The summed E-state index contributed by atoms with van der Waals surface area (Å²) in [7, 11) is 0. The van der Waals surface area contributed by atoms with Crippen molar-refractivity contribution in [3.05, 3.63) is 71.8 Å². The minimum absolute atomic E-state index is 0.204. The first-order chi connectivity index (χ1) is 9.18. The Morgan fingerprint density at radius 2 is 1.32 bits per heavy atom. The molecule has 0 heterocycles. The molecular formula is C16H14O3. The van der Waals surface area contributed by atoms with Crippen LogP contribution in [-0.2, 0) is 4.74 Å². The van der Waals surface area contributed by atoms with E-state index in [4.69, 9.17) is 4.74 Å². The molecule has 2 aromatic carbocycles. The van der Waals surface area contributed by atoms with Crippen LogP contribution in [0.2, 0.25) is 0 Å². The van der Waals surface area contributed by atoms with E-state index < -0.39 is 12.1 Å². The molecule has 0 saturated heterocycles. The van der Waals surface area contributed by atoms with Gasteiger partial charge < -0.3 is 4.74 Å². The number of carbonyl (C=O) groups excluding carboxylic acids is 2. The summed E-state index contributed by atoms with van der Waals surface area (Å²) in [4.78, 5) is 23.9. The van der Waals surface area contributed by atoms with Crippen molar-refractivity contribution in [2.45, 2.75) is 13.0 Å². The van der Waals surface area contributed by atoms with Crippen molar-refractivity contribution in [2.75, 3.05) is 0 Å². The lowest BCUT2D eigenvalue weighted by Gasteiger charge is -2.12. The van der Waals surface area contributed by atoms with Crippen molar-refractivity contribution >= 4 is 11.8 Å². The molecule has 96 valence electrons. The molecule has 0 aliphatic rings. The van der Waals surface area contributed by atoms with Crippen molar-refractivity contribution in [2.24, 2.45) is 0 Å². The van der Waals surface area contributed by atoms with Gasteiger partial charge in [0.25, 0.3) is 0 Å². The minimum Gasteiger partial charge on any atom is -0.451 e. The summed E-state index contributed by atoms with van der Waals surface area (Å²) in [6, 6.07) is 17.4. The number of rotatable bonds is 4. The van der Waals surface area contributed by atoms with Gasteiger partial charge in [-0.25, -0.2) is 4.79 Å². The van der Waals surface area contributed by atoms with E-state index in [1.165, 1.54) is 0 Å². The van der Waals surface area contributed by atoms with E-state index >= 15 is 0 Å². The Bertz CT molecular complexity index is 561. The number of Topliss-reactive ketones (excluding diaryl/α,β-unsaturated/α-hetero) is 1. The van der Waals surface area contributed by atoms with Crippen molar-refractivity contribution < 1.29 is 14.3 Å². The van der Waals surface area contributed by atoms with Crippen molar-refractivity contribution in [3.8, 4) is 0 Å². The first kappa shape index (κ1) is 13.0. The maximum atomic E-state index is 12.0. The molecule has 3 nitrogen and oxygen atoms in total. The van der Waals surface area contributed by atoms with Crippen LogP contribution >= 0.6 is 0 Å². The molecule has 0 radical (unpaired) electrons. The number of ketones is 1. The molecule has 0 N–H and O–H groups in total. The van der Waals surface area contributed by atoms with Gasteiger partial charge in [0, 0.05) is 5.56 Å². The lowest BCUT2D eigenvalue weighted by atomic mass is 10.1. The zero-order chi connectivity index (χ0) is 13.7. The lowest BCUT2D eigenvalue weighted by Crippen LogP contribution is -2.24. The van der Waals surface area contributed by atoms with Gasteiger partial charge in [0.05, 0.1) is 5.56 Å². The molecule has 0 spiro atoms. The molecule has 0 bridgehead atoms. The summed E-state index contributed by atoms with van der Waals surface area (Å²) in [5.74, 6) is -0.692. The van der Waals surface area contributed by atoms with Gasteiger partial charge in [-0.15, -0.1) is 0 Å². The van der Waals surface area contributed by atoms with Gasteiger partial charge in [-0.3, -0.25) is 4.79 Å². The van der Waals surface area contributed by atoms with E-state index in [1.807, 2.05) is 12.1 Å².